The number of carbonyl (C=O) groups is 3. The first-order chi connectivity index (χ1) is 29.7. The van der Waals surface area contributed by atoms with E-state index in [9.17, 15) is 27.4 Å². The van der Waals surface area contributed by atoms with Crippen LogP contribution in [0.2, 0.25) is 0 Å². The molecule has 0 aliphatic carbocycles. The largest absolute Gasteiger partial charge is 0.355 e. The van der Waals surface area contributed by atoms with Gasteiger partial charge in [0.1, 0.15) is 6.04 Å². The average molecular weight is 916 g/mol. The molecule has 2 heterocycles. The molecule has 0 radical (unpaired) electrons. The predicted molar refractivity (Wildman–Crippen MR) is 245 cm³/mol. The zero-order chi connectivity index (χ0) is 46.7. The number of hydrogen-bond acceptors (Lipinski definition) is 13. The first kappa shape index (κ1) is 51.5. The van der Waals surface area contributed by atoms with Crippen molar-refractivity contribution in [3.05, 3.63) is 71.5 Å². The number of likely N-dealkylation sites (N-methyl/N-ethyl adjacent to an activating group) is 2. The van der Waals surface area contributed by atoms with E-state index in [0.717, 1.165) is 71.8 Å². The average Bonchev–Trinajstić information content (AvgIpc) is 3.57. The van der Waals surface area contributed by atoms with Crippen molar-refractivity contribution in [1.29, 1.82) is 0 Å². The van der Waals surface area contributed by atoms with Crippen LogP contribution in [0.1, 0.15) is 90.7 Å². The molecular weight excluding hydrogens is 849 g/mol. The van der Waals surface area contributed by atoms with Crippen molar-refractivity contribution in [1.82, 2.24) is 25.9 Å². The maximum atomic E-state index is 13.6. The number of rotatable bonds is 24. The number of nitrogens with two attached hydrogens (primary N) is 1. The summed E-state index contributed by atoms with van der Waals surface area (Å²) in [5, 5.41) is 18.5. The first-order valence-electron chi connectivity index (χ1n) is 21.3. The minimum atomic E-state index is -4.40. The third kappa shape index (κ3) is 13.0. The molecule has 0 spiro atoms. The summed E-state index contributed by atoms with van der Waals surface area (Å²) in [5.74, 6) is 4.65. The van der Waals surface area contributed by atoms with Gasteiger partial charge < -0.3 is 20.4 Å². The van der Waals surface area contributed by atoms with Gasteiger partial charge in [0.25, 0.3) is 16.0 Å². The highest BCUT2D eigenvalue weighted by molar-refractivity contribution is 7.94. The molecule has 3 amide bonds. The molecule has 0 bridgehead atoms. The number of nitrogens with one attached hydrogen (secondary N) is 3. The maximum Gasteiger partial charge on any atom is 0.294 e. The summed E-state index contributed by atoms with van der Waals surface area (Å²) < 4.78 is 40.6. The second kappa shape index (κ2) is 22.6. The van der Waals surface area contributed by atoms with E-state index in [-0.39, 0.29) is 35.7 Å². The number of unbranched alkanes of at least 4 members (excludes halogenated alkanes) is 2. The third-order valence-corrected chi connectivity index (χ3v) is 13.3. The molecule has 0 fully saturated rings. The van der Waals surface area contributed by atoms with E-state index in [0.29, 0.717) is 37.2 Å². The molecule has 348 valence electrons. The lowest BCUT2D eigenvalue weighted by atomic mass is 9.81. The van der Waals surface area contributed by atoms with Crippen LogP contribution in [0.25, 0.3) is 0 Å². The molecule has 0 saturated carbocycles. The third-order valence-electron chi connectivity index (χ3n) is 11.8. The quantitative estimate of drug-likeness (QED) is 0.0122. The van der Waals surface area contributed by atoms with Gasteiger partial charge in [0.15, 0.2) is 12.3 Å². The van der Waals surface area contributed by atoms with Gasteiger partial charge in [-0.1, -0.05) is 31.4 Å². The van der Waals surface area contributed by atoms with Crippen molar-refractivity contribution in [3.8, 4) is 0 Å². The lowest BCUT2D eigenvalue weighted by Gasteiger charge is -2.25. The number of benzene rings is 2. The van der Waals surface area contributed by atoms with Gasteiger partial charge in [-0.15, -0.1) is 4.33 Å². The Morgan fingerprint density at radius 3 is 2.32 bits per heavy atom. The summed E-state index contributed by atoms with van der Waals surface area (Å²) in [6, 6.07) is 9.20. The fourth-order valence-electron chi connectivity index (χ4n) is 8.43. The summed E-state index contributed by atoms with van der Waals surface area (Å²) in [6.45, 7) is 12.5. The van der Waals surface area contributed by atoms with Crippen LogP contribution in [0, 0.1) is 0 Å². The number of hydrogen-bond donors (Lipinski definition) is 6. The van der Waals surface area contributed by atoms with Crippen molar-refractivity contribution >= 4 is 57.0 Å². The van der Waals surface area contributed by atoms with Crippen LogP contribution in [0.5, 0.6) is 0 Å². The zero-order valence-electron chi connectivity index (χ0n) is 38.1. The lowest BCUT2D eigenvalue weighted by molar-refractivity contribution is -0.436. The van der Waals surface area contributed by atoms with E-state index in [1.807, 2.05) is 90.3 Å². The van der Waals surface area contributed by atoms with Crippen LogP contribution in [0.3, 0.4) is 0 Å². The van der Waals surface area contributed by atoms with E-state index in [1.54, 1.807) is 6.07 Å². The summed E-state index contributed by atoms with van der Waals surface area (Å²) in [7, 11) is 3.47. The Morgan fingerprint density at radius 2 is 1.68 bits per heavy atom. The van der Waals surface area contributed by atoms with Gasteiger partial charge in [-0.05, 0) is 130 Å². The fourth-order valence-corrected chi connectivity index (χ4v) is 9.33. The maximum absolute atomic E-state index is 13.6. The Labute approximate surface area is 376 Å². The summed E-state index contributed by atoms with van der Waals surface area (Å²) in [5.41, 5.74) is 6.24. The topological polar surface area (TPSA) is 219 Å². The van der Waals surface area contributed by atoms with Crippen LogP contribution in [0.4, 0.5) is 11.4 Å². The van der Waals surface area contributed by atoms with Gasteiger partial charge in [-0.25, -0.2) is 11.1 Å². The molecule has 2 unspecified atom stereocenters. The molecule has 0 aromatic heterocycles. The molecule has 19 heteroatoms. The fraction of sp³-hybridized carbons (Fsp3) is 0.545. The van der Waals surface area contributed by atoms with Crippen LogP contribution < -0.4 is 26.8 Å². The first-order valence-corrected chi connectivity index (χ1v) is 23.5. The number of carbonyl (C=O) groups excluding carboxylic acids is 3. The van der Waals surface area contributed by atoms with Crippen LogP contribution in [-0.2, 0) is 44.7 Å². The second-order valence-corrected chi connectivity index (χ2v) is 19.6. The van der Waals surface area contributed by atoms with Crippen molar-refractivity contribution < 1.29 is 46.6 Å². The van der Waals surface area contributed by atoms with Crippen LogP contribution in [0.15, 0.2) is 70.1 Å². The number of nitrogens with zero attached hydrogens (tertiary/aromatic N) is 4. The molecule has 2 atom stereocenters. The molecule has 0 saturated heterocycles. The smallest absolute Gasteiger partial charge is 0.294 e. The Morgan fingerprint density at radius 1 is 0.968 bits per heavy atom. The predicted octanol–water partition coefficient (Wildman–Crippen LogP) is 4.81. The number of anilines is 1. The highest BCUT2D eigenvalue weighted by Crippen LogP contribution is 2.48. The van der Waals surface area contributed by atoms with E-state index >= 15 is 0 Å². The number of fused-ring (bicyclic) bond motifs is 2. The second-order valence-electron chi connectivity index (χ2n) is 17.4. The molecule has 2 aromatic carbocycles. The highest BCUT2D eigenvalue weighted by atomic mass is 32.2. The Balaban J connectivity index is 1.50. The summed E-state index contributed by atoms with van der Waals surface area (Å²) in [6.07, 6.45) is 10.2. The monoisotopic (exact) mass is 915 g/mol. The van der Waals surface area contributed by atoms with E-state index in [1.165, 1.54) is 12.1 Å². The van der Waals surface area contributed by atoms with Gasteiger partial charge >= 0.3 is 0 Å². The minimum absolute atomic E-state index is 0.0287. The van der Waals surface area contributed by atoms with Crippen LogP contribution >= 0.6 is 12.0 Å². The Bertz CT molecular complexity index is 2160. The Kier molecular flexibility index (Phi) is 18.5. The molecule has 4 rings (SSSR count). The minimum Gasteiger partial charge on any atom is -0.355 e. The zero-order valence-corrected chi connectivity index (χ0v) is 39.7. The molecule has 7 N–H and O–H groups in total. The summed E-state index contributed by atoms with van der Waals surface area (Å²) >= 11 is 0.848. The van der Waals surface area contributed by atoms with E-state index in [4.69, 9.17) is 15.4 Å². The molecule has 2 aliphatic rings. The van der Waals surface area contributed by atoms with Crippen molar-refractivity contribution in [2.24, 2.45) is 5.84 Å². The SMILES string of the molecule is CCN1C(=CC=CC2=[N+](CCC(=O)NC(CCCCNC(=O)C(CCCCN(C)C)N(C)C)C(=O)NN)c3ccc(SOOO)cc3C2(C)C)C(C)(C)c2cc(S(=O)(=O)O)ccc21. The summed E-state index contributed by atoms with van der Waals surface area (Å²) in [4.78, 5) is 46.1. The van der Waals surface area contributed by atoms with Crippen molar-refractivity contribution in [3.63, 3.8) is 0 Å². The number of allylic oxidation sites excluding steroid dienone is 4. The molecular formula is C44H67N8O9S2+. The normalized spacial score (nSPS) is 17.1. The van der Waals surface area contributed by atoms with Gasteiger partial charge in [0.2, 0.25) is 17.5 Å². The van der Waals surface area contributed by atoms with Gasteiger partial charge in [-0.3, -0.25) is 29.3 Å². The van der Waals surface area contributed by atoms with E-state index in [2.05, 4.69) is 49.3 Å². The van der Waals surface area contributed by atoms with Crippen molar-refractivity contribution in [2.45, 2.75) is 112 Å². The highest BCUT2D eigenvalue weighted by Gasteiger charge is 2.45. The molecule has 2 aliphatic heterocycles. The lowest BCUT2D eigenvalue weighted by Crippen LogP contribution is -2.49. The van der Waals surface area contributed by atoms with Gasteiger partial charge in [0.05, 0.1) is 34.8 Å². The molecule has 2 aromatic rings. The molecule has 63 heavy (non-hydrogen) atoms. The van der Waals surface area contributed by atoms with Gasteiger partial charge in [-0.2, -0.15) is 13.0 Å². The Hall–Kier alpha value is -4.18. The standard InChI is InChI=1S/C44H66N8O9S2/c1-10-51-35-23-21-31(63(57,58)59)29-33(35)44(4,5)38(51)18-15-19-39-43(2,3)32-28-30(62-61-60-56)20-22-36(32)52(39)27-24-40(53)47-34(41(54)48-45)16-11-13-25-46-42(55)37(50(8)9)17-12-14-26-49(6)7/h15,18-23,28-29,34,37H,10-14,16-17,24-27,45H2,1-9H3,(H4-,46,47,48,53,54,55,56,57,58,59)/p+1. The molecule has 17 nitrogen and oxygen atoms in total. The van der Waals surface area contributed by atoms with Crippen molar-refractivity contribution in [2.75, 3.05) is 59.3 Å². The van der Waals surface area contributed by atoms with Crippen LogP contribution in [-0.4, -0.2) is 122 Å². The van der Waals surface area contributed by atoms with Gasteiger partial charge in [0, 0.05) is 52.5 Å². The van der Waals surface area contributed by atoms with E-state index < -0.39 is 32.9 Å². The number of amides is 3. The number of hydrazine groups is 1.